The summed E-state index contributed by atoms with van der Waals surface area (Å²) in [5.41, 5.74) is 0. The second kappa shape index (κ2) is 19.5. The number of aliphatic carboxylic acids is 1. The average molecular weight is 398 g/mol. The number of rotatable bonds is 18. The van der Waals surface area contributed by atoms with Gasteiger partial charge >= 0.3 is 5.97 Å². The Hall–Kier alpha value is -1.23. The van der Waals surface area contributed by atoms with Crippen molar-refractivity contribution in [2.24, 2.45) is 0 Å². The lowest BCUT2D eigenvalue weighted by Crippen LogP contribution is -2.40. The molecular formula is C22H39NO3S. The van der Waals surface area contributed by atoms with Gasteiger partial charge in [0.25, 0.3) is 0 Å². The third kappa shape index (κ3) is 17.9. The van der Waals surface area contributed by atoms with E-state index in [1.54, 1.807) is 0 Å². The first-order chi connectivity index (χ1) is 13.1. The Morgan fingerprint density at radius 3 is 2.11 bits per heavy atom. The van der Waals surface area contributed by atoms with Crippen LogP contribution in [-0.4, -0.2) is 28.8 Å². The molecule has 0 aromatic carbocycles. The quantitative estimate of drug-likeness (QED) is 0.158. The summed E-state index contributed by atoms with van der Waals surface area (Å²) in [4.78, 5) is 22.7. The van der Waals surface area contributed by atoms with Crippen LogP contribution in [0.5, 0.6) is 0 Å². The highest BCUT2D eigenvalue weighted by molar-refractivity contribution is 7.80. The predicted octanol–water partition coefficient (Wildman–Crippen LogP) is 5.69. The summed E-state index contributed by atoms with van der Waals surface area (Å²) in [5.74, 6) is -0.715. The van der Waals surface area contributed by atoms with E-state index in [-0.39, 0.29) is 5.91 Å². The van der Waals surface area contributed by atoms with Crippen LogP contribution in [0.1, 0.15) is 90.4 Å². The van der Waals surface area contributed by atoms with Crippen molar-refractivity contribution in [1.29, 1.82) is 0 Å². The Bertz CT molecular complexity index is 435. The standard InChI is InChI=1S/C22H39NO3S/c1-2-3-4-5-6-7-8-9-10-11-12-13-14-15-16-17-21(24)23-20(18-19-27)22(25)26/h6-7,9-10,20,27H,2-5,8,11-19H2,1H3,(H,23,24)(H,25,26)/b7-6-,10-9-. The zero-order chi connectivity index (χ0) is 20.2. The number of carbonyl (C=O) groups is 2. The summed E-state index contributed by atoms with van der Waals surface area (Å²) >= 11 is 4.02. The smallest absolute Gasteiger partial charge is 0.326 e. The zero-order valence-electron chi connectivity index (χ0n) is 17.0. The Morgan fingerprint density at radius 1 is 0.926 bits per heavy atom. The number of carbonyl (C=O) groups excluding carboxylic acids is 1. The average Bonchev–Trinajstić information content (AvgIpc) is 2.64. The highest BCUT2D eigenvalue weighted by Crippen LogP contribution is 2.08. The van der Waals surface area contributed by atoms with Crippen molar-refractivity contribution in [3.8, 4) is 0 Å². The van der Waals surface area contributed by atoms with E-state index in [1.165, 1.54) is 38.5 Å². The summed E-state index contributed by atoms with van der Waals surface area (Å²) in [5, 5.41) is 11.6. The van der Waals surface area contributed by atoms with Crippen LogP contribution in [0.4, 0.5) is 0 Å². The fraction of sp³-hybridized carbons (Fsp3) is 0.727. The lowest BCUT2D eigenvalue weighted by atomic mass is 10.1. The molecule has 0 aromatic heterocycles. The highest BCUT2D eigenvalue weighted by Gasteiger charge is 2.18. The molecule has 0 fully saturated rings. The molecule has 0 saturated heterocycles. The number of carboxylic acids is 1. The molecule has 0 saturated carbocycles. The highest BCUT2D eigenvalue weighted by atomic mass is 32.1. The molecule has 0 aliphatic heterocycles. The monoisotopic (exact) mass is 397 g/mol. The van der Waals surface area contributed by atoms with Gasteiger partial charge in [-0.25, -0.2) is 4.79 Å². The molecule has 1 unspecified atom stereocenters. The van der Waals surface area contributed by atoms with E-state index in [2.05, 4.69) is 49.2 Å². The van der Waals surface area contributed by atoms with Crippen LogP contribution < -0.4 is 5.32 Å². The number of carboxylic acid groups (broad SMARTS) is 1. The van der Waals surface area contributed by atoms with Crippen molar-refractivity contribution in [1.82, 2.24) is 5.32 Å². The fourth-order valence-electron chi connectivity index (χ4n) is 2.75. The van der Waals surface area contributed by atoms with Gasteiger partial charge in [-0.15, -0.1) is 0 Å². The Balaban J connectivity index is 3.49. The molecule has 0 aromatic rings. The van der Waals surface area contributed by atoms with Gasteiger partial charge in [-0.05, 0) is 50.7 Å². The molecule has 0 rings (SSSR count). The summed E-state index contributed by atoms with van der Waals surface area (Å²) < 4.78 is 0. The van der Waals surface area contributed by atoms with Crippen molar-refractivity contribution in [2.45, 2.75) is 96.4 Å². The molecule has 5 heteroatoms. The number of thiol groups is 1. The van der Waals surface area contributed by atoms with E-state index < -0.39 is 12.0 Å². The fourth-order valence-corrected chi connectivity index (χ4v) is 3.01. The van der Waals surface area contributed by atoms with Crippen LogP contribution in [0.15, 0.2) is 24.3 Å². The first kappa shape index (κ1) is 25.8. The number of hydrogen-bond acceptors (Lipinski definition) is 3. The zero-order valence-corrected chi connectivity index (χ0v) is 17.9. The molecule has 0 aliphatic carbocycles. The van der Waals surface area contributed by atoms with Gasteiger partial charge < -0.3 is 10.4 Å². The second-order valence-corrected chi connectivity index (χ2v) is 7.40. The first-order valence-corrected chi connectivity index (χ1v) is 11.2. The van der Waals surface area contributed by atoms with Crippen LogP contribution in [0.2, 0.25) is 0 Å². The van der Waals surface area contributed by atoms with Gasteiger partial charge in [0.2, 0.25) is 5.91 Å². The third-order valence-corrected chi connectivity index (χ3v) is 4.66. The van der Waals surface area contributed by atoms with Gasteiger partial charge in [0, 0.05) is 6.42 Å². The molecule has 0 bridgehead atoms. The molecule has 0 heterocycles. The normalized spacial score (nSPS) is 12.7. The molecule has 1 atom stereocenters. The van der Waals surface area contributed by atoms with Crippen molar-refractivity contribution in [3.05, 3.63) is 24.3 Å². The number of unbranched alkanes of at least 4 members (excludes halogenated alkanes) is 8. The van der Waals surface area contributed by atoms with Crippen molar-refractivity contribution < 1.29 is 14.7 Å². The van der Waals surface area contributed by atoms with Gasteiger partial charge in [0.05, 0.1) is 0 Å². The van der Waals surface area contributed by atoms with Crippen LogP contribution in [0.3, 0.4) is 0 Å². The maximum absolute atomic E-state index is 11.8. The summed E-state index contributed by atoms with van der Waals surface area (Å²) in [6.45, 7) is 2.23. The SMILES string of the molecule is CCCCC/C=C\C/C=C\CCCCCCCC(=O)NC(CCS)C(=O)O. The van der Waals surface area contributed by atoms with Gasteiger partial charge in [0.1, 0.15) is 6.04 Å². The minimum absolute atomic E-state index is 0.171. The Morgan fingerprint density at radius 2 is 1.52 bits per heavy atom. The number of allylic oxidation sites excluding steroid dienone is 4. The molecular weight excluding hydrogens is 358 g/mol. The molecule has 4 nitrogen and oxygen atoms in total. The minimum atomic E-state index is -0.988. The lowest BCUT2D eigenvalue weighted by Gasteiger charge is -2.13. The summed E-state index contributed by atoms with van der Waals surface area (Å²) in [6.07, 6.45) is 22.4. The molecule has 27 heavy (non-hydrogen) atoms. The van der Waals surface area contributed by atoms with E-state index in [1.807, 2.05) is 0 Å². The van der Waals surface area contributed by atoms with E-state index in [4.69, 9.17) is 5.11 Å². The maximum atomic E-state index is 11.8. The largest absolute Gasteiger partial charge is 0.480 e. The van der Waals surface area contributed by atoms with Gasteiger partial charge in [-0.2, -0.15) is 12.6 Å². The Labute approximate surface area is 171 Å². The molecule has 1 amide bonds. The van der Waals surface area contributed by atoms with Gasteiger partial charge in [-0.1, -0.05) is 63.3 Å². The summed E-state index contributed by atoms with van der Waals surface area (Å²) in [7, 11) is 0. The van der Waals surface area contributed by atoms with Gasteiger partial charge in [0.15, 0.2) is 0 Å². The van der Waals surface area contributed by atoms with Crippen molar-refractivity contribution in [3.63, 3.8) is 0 Å². The van der Waals surface area contributed by atoms with Crippen LogP contribution in [0.25, 0.3) is 0 Å². The molecule has 2 N–H and O–H groups in total. The molecule has 0 radical (unpaired) electrons. The van der Waals surface area contributed by atoms with Crippen molar-refractivity contribution >= 4 is 24.5 Å². The summed E-state index contributed by atoms with van der Waals surface area (Å²) in [6, 6.07) is -0.812. The molecule has 0 aliphatic rings. The van der Waals surface area contributed by atoms with E-state index >= 15 is 0 Å². The Kier molecular flexibility index (Phi) is 18.6. The number of hydrogen-bond donors (Lipinski definition) is 3. The number of nitrogens with one attached hydrogen (secondary N) is 1. The predicted molar refractivity (Wildman–Crippen MR) is 117 cm³/mol. The van der Waals surface area contributed by atoms with Gasteiger partial charge in [-0.3, -0.25) is 4.79 Å². The number of amides is 1. The van der Waals surface area contributed by atoms with E-state index in [9.17, 15) is 9.59 Å². The van der Waals surface area contributed by atoms with E-state index in [0.29, 0.717) is 18.6 Å². The second-order valence-electron chi connectivity index (χ2n) is 6.95. The maximum Gasteiger partial charge on any atom is 0.326 e. The molecule has 156 valence electrons. The van der Waals surface area contributed by atoms with Crippen molar-refractivity contribution in [2.75, 3.05) is 5.75 Å². The molecule has 0 spiro atoms. The third-order valence-electron chi connectivity index (χ3n) is 4.41. The lowest BCUT2D eigenvalue weighted by molar-refractivity contribution is -0.141. The van der Waals surface area contributed by atoms with E-state index in [0.717, 1.165) is 32.1 Å². The minimum Gasteiger partial charge on any atom is -0.480 e. The first-order valence-electron chi connectivity index (χ1n) is 10.5. The van der Waals surface area contributed by atoms with Crippen LogP contribution in [-0.2, 0) is 9.59 Å². The topological polar surface area (TPSA) is 66.4 Å². The van der Waals surface area contributed by atoms with Crippen LogP contribution >= 0.6 is 12.6 Å². The van der Waals surface area contributed by atoms with Crippen LogP contribution in [0, 0.1) is 0 Å².